The molecule has 0 spiro atoms. The van der Waals surface area contributed by atoms with E-state index in [2.05, 4.69) is 0 Å². The summed E-state index contributed by atoms with van der Waals surface area (Å²) in [6.45, 7) is 1.96. The van der Waals surface area contributed by atoms with Crippen LogP contribution in [0.4, 0.5) is 0 Å². The zero-order valence-electron chi connectivity index (χ0n) is 13.1. The monoisotopic (exact) mass is 312 g/mol. The third-order valence-corrected chi connectivity index (χ3v) is 3.97. The van der Waals surface area contributed by atoms with Crippen LogP contribution < -0.4 is 4.74 Å². The van der Waals surface area contributed by atoms with Gasteiger partial charge in [0.1, 0.15) is 22.6 Å². The quantitative estimate of drug-likeness (QED) is 0.680. The molecule has 5 heteroatoms. The normalized spacial score (nSPS) is 11.8. The van der Waals surface area contributed by atoms with Crippen LogP contribution in [0.25, 0.3) is 0 Å². The molecule has 2 aromatic carbocycles. The van der Waals surface area contributed by atoms with Crippen LogP contribution in [0.2, 0.25) is 0 Å². The Morgan fingerprint density at radius 1 is 0.957 bits per heavy atom. The van der Waals surface area contributed by atoms with Gasteiger partial charge in [-0.15, -0.1) is 0 Å². The molecule has 5 nitrogen and oxygen atoms in total. The number of para-hydroxylation sites is 1. The van der Waals surface area contributed by atoms with Crippen molar-refractivity contribution in [2.75, 3.05) is 14.2 Å². The van der Waals surface area contributed by atoms with Gasteiger partial charge in [0.2, 0.25) is 0 Å². The molecule has 0 saturated carbocycles. The molecular formula is C18H16O5. The van der Waals surface area contributed by atoms with Crippen molar-refractivity contribution in [3.63, 3.8) is 0 Å². The molecule has 23 heavy (non-hydrogen) atoms. The van der Waals surface area contributed by atoms with E-state index in [-0.39, 0.29) is 0 Å². The van der Waals surface area contributed by atoms with E-state index >= 15 is 0 Å². The lowest BCUT2D eigenvalue weighted by Gasteiger charge is -2.25. The molecule has 3 rings (SSSR count). The van der Waals surface area contributed by atoms with E-state index in [4.69, 9.17) is 14.2 Å². The van der Waals surface area contributed by atoms with Gasteiger partial charge in [-0.2, -0.15) is 0 Å². The highest BCUT2D eigenvalue weighted by Crippen LogP contribution is 2.42. The lowest BCUT2D eigenvalue weighted by atomic mass is 9.92. The Hall–Kier alpha value is -2.82. The summed E-state index contributed by atoms with van der Waals surface area (Å²) < 4.78 is 15.6. The minimum atomic E-state index is -0.474. The third-order valence-electron chi connectivity index (χ3n) is 3.97. The number of rotatable bonds is 2. The maximum atomic E-state index is 12.0. The summed E-state index contributed by atoms with van der Waals surface area (Å²) in [6, 6.07) is 8.87. The molecule has 1 aliphatic rings. The van der Waals surface area contributed by atoms with E-state index < -0.39 is 11.9 Å². The maximum Gasteiger partial charge on any atom is 0.341 e. The number of ether oxygens (including phenoxy) is 3. The minimum absolute atomic E-state index is 0.341. The van der Waals surface area contributed by atoms with Crippen LogP contribution >= 0.6 is 0 Å². The van der Waals surface area contributed by atoms with Crippen molar-refractivity contribution in [1.82, 2.24) is 0 Å². The second kappa shape index (κ2) is 5.76. The molecule has 2 aromatic rings. The maximum absolute atomic E-state index is 12.0. The topological polar surface area (TPSA) is 61.8 Å². The van der Waals surface area contributed by atoms with Crippen LogP contribution in [0.3, 0.4) is 0 Å². The van der Waals surface area contributed by atoms with Crippen molar-refractivity contribution in [3.8, 4) is 11.5 Å². The molecule has 0 N–H and O–H groups in total. The van der Waals surface area contributed by atoms with Crippen molar-refractivity contribution >= 4 is 11.9 Å². The van der Waals surface area contributed by atoms with Gasteiger partial charge in [0.25, 0.3) is 0 Å². The van der Waals surface area contributed by atoms with Gasteiger partial charge in [-0.05, 0) is 24.6 Å². The van der Waals surface area contributed by atoms with Crippen molar-refractivity contribution in [3.05, 3.63) is 58.1 Å². The Labute approximate surface area is 133 Å². The van der Waals surface area contributed by atoms with Crippen LogP contribution in [-0.4, -0.2) is 26.2 Å². The summed E-state index contributed by atoms with van der Waals surface area (Å²) in [5, 5.41) is 0. The first-order valence-electron chi connectivity index (χ1n) is 7.15. The van der Waals surface area contributed by atoms with E-state index in [0.29, 0.717) is 29.0 Å². The molecule has 0 amide bonds. The lowest BCUT2D eigenvalue weighted by molar-refractivity contribution is 0.0593. The molecular weight excluding hydrogens is 296 g/mol. The summed E-state index contributed by atoms with van der Waals surface area (Å²) in [7, 11) is 2.65. The standard InChI is InChI=1S/C18H16O5/c1-10-7-8-13(18(20)22-3)16-14(10)9-11-5-4-6-12(15(11)23-16)17(19)21-2/h4-8H,9H2,1-3H3. The van der Waals surface area contributed by atoms with Crippen LogP contribution in [0.5, 0.6) is 11.5 Å². The number of hydrogen-bond acceptors (Lipinski definition) is 5. The van der Waals surface area contributed by atoms with Gasteiger partial charge in [-0.3, -0.25) is 0 Å². The average Bonchev–Trinajstić information content (AvgIpc) is 2.59. The first-order valence-corrected chi connectivity index (χ1v) is 7.15. The molecule has 0 bridgehead atoms. The van der Waals surface area contributed by atoms with Gasteiger partial charge in [0.05, 0.1) is 14.2 Å². The zero-order chi connectivity index (χ0) is 16.6. The van der Waals surface area contributed by atoms with Gasteiger partial charge in [-0.1, -0.05) is 18.2 Å². The number of esters is 2. The van der Waals surface area contributed by atoms with Crippen LogP contribution in [0, 0.1) is 6.92 Å². The predicted molar refractivity (Wildman–Crippen MR) is 83.2 cm³/mol. The van der Waals surface area contributed by atoms with E-state index in [1.54, 1.807) is 18.2 Å². The van der Waals surface area contributed by atoms with Crippen LogP contribution in [0.15, 0.2) is 30.3 Å². The molecule has 118 valence electrons. The van der Waals surface area contributed by atoms with Gasteiger partial charge >= 0.3 is 11.9 Å². The number of hydrogen-bond donors (Lipinski definition) is 0. The zero-order valence-corrected chi connectivity index (χ0v) is 13.1. The molecule has 1 heterocycles. The van der Waals surface area contributed by atoms with E-state index in [1.807, 2.05) is 19.1 Å². The lowest BCUT2D eigenvalue weighted by Crippen LogP contribution is -2.14. The smallest absolute Gasteiger partial charge is 0.341 e. The summed E-state index contributed by atoms with van der Waals surface area (Å²) >= 11 is 0. The fourth-order valence-electron chi connectivity index (χ4n) is 2.74. The fraction of sp³-hybridized carbons (Fsp3) is 0.222. The fourth-order valence-corrected chi connectivity index (χ4v) is 2.74. The summed E-state index contributed by atoms with van der Waals surface area (Å²) in [6.07, 6.45) is 0.576. The summed E-state index contributed by atoms with van der Waals surface area (Å²) in [5.41, 5.74) is 3.50. The molecule has 0 aromatic heterocycles. The Morgan fingerprint density at radius 2 is 1.61 bits per heavy atom. The molecule has 0 unspecified atom stereocenters. The third kappa shape index (κ3) is 2.44. The molecule has 0 fully saturated rings. The first kappa shape index (κ1) is 15.1. The highest BCUT2D eigenvalue weighted by molar-refractivity contribution is 5.96. The molecule has 0 atom stereocenters. The van der Waals surface area contributed by atoms with Crippen molar-refractivity contribution in [2.24, 2.45) is 0 Å². The first-order chi connectivity index (χ1) is 11.1. The highest BCUT2D eigenvalue weighted by Gasteiger charge is 2.28. The minimum Gasteiger partial charge on any atom is -0.465 e. The van der Waals surface area contributed by atoms with Gasteiger partial charge in [-0.25, -0.2) is 9.59 Å². The second-order valence-electron chi connectivity index (χ2n) is 5.29. The second-order valence-corrected chi connectivity index (χ2v) is 5.29. The number of benzene rings is 2. The molecule has 0 aliphatic carbocycles. The molecule has 0 radical (unpaired) electrons. The van der Waals surface area contributed by atoms with Crippen molar-refractivity contribution < 1.29 is 23.8 Å². The Kier molecular flexibility index (Phi) is 3.78. The van der Waals surface area contributed by atoms with Gasteiger partial charge in [0, 0.05) is 17.5 Å². The Morgan fingerprint density at radius 3 is 2.26 bits per heavy atom. The summed E-state index contributed by atoms with van der Waals surface area (Å²) in [5.74, 6) is -0.0684. The average molecular weight is 312 g/mol. The van der Waals surface area contributed by atoms with E-state index in [0.717, 1.165) is 16.7 Å². The van der Waals surface area contributed by atoms with Crippen LogP contribution in [0.1, 0.15) is 37.4 Å². The van der Waals surface area contributed by atoms with Gasteiger partial charge in [0.15, 0.2) is 0 Å². The highest BCUT2D eigenvalue weighted by atomic mass is 16.5. The van der Waals surface area contributed by atoms with E-state index in [1.165, 1.54) is 14.2 Å². The van der Waals surface area contributed by atoms with Crippen molar-refractivity contribution in [1.29, 1.82) is 0 Å². The number of methoxy groups -OCH3 is 2. The van der Waals surface area contributed by atoms with Crippen LogP contribution in [-0.2, 0) is 15.9 Å². The van der Waals surface area contributed by atoms with Crippen molar-refractivity contribution in [2.45, 2.75) is 13.3 Å². The predicted octanol–water partition coefficient (Wildman–Crippen LogP) is 3.26. The Bertz CT molecular complexity index is 807. The summed E-state index contributed by atoms with van der Waals surface area (Å²) in [4.78, 5) is 23.9. The number of aryl methyl sites for hydroxylation is 1. The largest absolute Gasteiger partial charge is 0.465 e. The number of carbonyl (C=O) groups excluding carboxylic acids is 2. The Balaban J connectivity index is 2.17. The van der Waals surface area contributed by atoms with E-state index in [9.17, 15) is 9.59 Å². The number of fused-ring (bicyclic) bond motifs is 2. The molecule has 0 saturated heterocycles. The SMILES string of the molecule is COC(=O)c1cccc2c1Oc1c(C(=O)OC)ccc(C)c1C2. The van der Waals surface area contributed by atoms with Gasteiger partial charge < -0.3 is 14.2 Å². The molecule has 1 aliphatic heterocycles. The number of carbonyl (C=O) groups is 2.